The lowest BCUT2D eigenvalue weighted by Crippen LogP contribution is -2.07. The second kappa shape index (κ2) is 3.65. The van der Waals surface area contributed by atoms with Crippen LogP contribution in [0.25, 0.3) is 0 Å². The molecule has 1 aromatic rings. The van der Waals surface area contributed by atoms with Gasteiger partial charge >= 0.3 is 6.18 Å². The van der Waals surface area contributed by atoms with Crippen LogP contribution in [-0.2, 0) is 6.18 Å². The van der Waals surface area contributed by atoms with E-state index in [1.807, 2.05) is 0 Å². The van der Waals surface area contributed by atoms with Gasteiger partial charge in [-0.25, -0.2) is 9.37 Å². The van der Waals surface area contributed by atoms with Crippen LogP contribution in [0.4, 0.5) is 23.4 Å². The molecule has 0 bridgehead atoms. The predicted octanol–water partition coefficient (Wildman–Crippen LogP) is 2.79. The number of alkyl halides is 3. The topological polar surface area (TPSA) is 24.9 Å². The van der Waals surface area contributed by atoms with Crippen molar-refractivity contribution in [1.82, 2.24) is 4.98 Å². The van der Waals surface area contributed by atoms with Gasteiger partial charge in [0, 0.05) is 6.20 Å². The maximum Gasteiger partial charge on any atom is 0.417 e. The van der Waals surface area contributed by atoms with Crippen molar-refractivity contribution >= 4 is 5.82 Å². The van der Waals surface area contributed by atoms with Crippen molar-refractivity contribution in [2.75, 3.05) is 5.32 Å². The van der Waals surface area contributed by atoms with Gasteiger partial charge in [0.05, 0.1) is 5.56 Å². The number of hydrogen-bond acceptors (Lipinski definition) is 2. The van der Waals surface area contributed by atoms with Crippen LogP contribution in [0.5, 0.6) is 0 Å². The Morgan fingerprint density at radius 1 is 1.43 bits per heavy atom. The molecule has 0 aromatic carbocycles. The summed E-state index contributed by atoms with van der Waals surface area (Å²) in [5.41, 5.74) is -1.12. The van der Waals surface area contributed by atoms with Gasteiger partial charge < -0.3 is 5.32 Å². The monoisotopic (exact) mass is 206 g/mol. The summed E-state index contributed by atoms with van der Waals surface area (Å²) in [7, 11) is 0. The second-order valence-corrected chi connectivity index (χ2v) is 2.40. The van der Waals surface area contributed by atoms with Gasteiger partial charge in [0.25, 0.3) is 0 Å². The normalized spacial score (nSPS) is 11.1. The first-order valence-corrected chi connectivity index (χ1v) is 3.55. The molecule has 1 N–H and O–H groups in total. The van der Waals surface area contributed by atoms with E-state index in [1.54, 1.807) is 0 Å². The maximum atomic E-state index is 12.9. The first kappa shape index (κ1) is 10.5. The molecule has 0 unspecified atom stereocenters. The average molecular weight is 206 g/mol. The molecule has 1 rings (SSSR count). The number of pyridine rings is 1. The Balaban J connectivity index is 3.06. The zero-order valence-corrected chi connectivity index (χ0v) is 6.90. The summed E-state index contributed by atoms with van der Waals surface area (Å²) in [5.74, 6) is -1.35. The fourth-order valence-corrected chi connectivity index (χ4v) is 0.796. The van der Waals surface area contributed by atoms with E-state index in [2.05, 4.69) is 16.9 Å². The van der Waals surface area contributed by atoms with Crippen LogP contribution in [0.15, 0.2) is 25.0 Å². The number of hydrogen-bond donors (Lipinski definition) is 1. The molecule has 6 heteroatoms. The molecule has 1 heterocycles. The van der Waals surface area contributed by atoms with E-state index in [-0.39, 0.29) is 5.82 Å². The van der Waals surface area contributed by atoms with Gasteiger partial charge in [-0.15, -0.1) is 0 Å². The summed E-state index contributed by atoms with van der Waals surface area (Å²) >= 11 is 0. The molecule has 0 amide bonds. The average Bonchev–Trinajstić information content (AvgIpc) is 2.07. The van der Waals surface area contributed by atoms with Crippen LogP contribution >= 0.6 is 0 Å². The SMILES string of the molecule is C=CNc1ncc(C(F)(F)F)cc1F. The molecular weight excluding hydrogens is 200 g/mol. The highest BCUT2D eigenvalue weighted by molar-refractivity contribution is 5.40. The third kappa shape index (κ3) is 2.21. The molecule has 0 saturated carbocycles. The van der Waals surface area contributed by atoms with Crippen molar-refractivity contribution in [3.8, 4) is 0 Å². The third-order valence-corrected chi connectivity index (χ3v) is 1.41. The highest BCUT2D eigenvalue weighted by atomic mass is 19.4. The molecule has 1 aromatic heterocycles. The van der Waals surface area contributed by atoms with E-state index in [1.165, 1.54) is 0 Å². The van der Waals surface area contributed by atoms with Gasteiger partial charge in [-0.2, -0.15) is 13.2 Å². The van der Waals surface area contributed by atoms with Gasteiger partial charge in [0.2, 0.25) is 0 Å². The van der Waals surface area contributed by atoms with Crippen LogP contribution < -0.4 is 5.32 Å². The van der Waals surface area contributed by atoms with Crippen molar-refractivity contribution < 1.29 is 17.6 Å². The van der Waals surface area contributed by atoms with Crippen LogP contribution in [-0.4, -0.2) is 4.98 Å². The molecule has 0 atom stereocenters. The molecule has 0 spiro atoms. The summed E-state index contributed by atoms with van der Waals surface area (Å²) < 4.78 is 49.0. The Hall–Kier alpha value is -1.59. The van der Waals surface area contributed by atoms with Crippen molar-refractivity contribution in [3.05, 3.63) is 36.4 Å². The Kier molecular flexibility index (Phi) is 2.73. The minimum absolute atomic E-state index is 0.284. The minimum Gasteiger partial charge on any atom is -0.345 e. The van der Waals surface area contributed by atoms with E-state index in [4.69, 9.17) is 0 Å². The molecule has 0 saturated heterocycles. The van der Waals surface area contributed by atoms with Crippen LogP contribution in [0.1, 0.15) is 5.56 Å². The smallest absolute Gasteiger partial charge is 0.345 e. The largest absolute Gasteiger partial charge is 0.417 e. The quantitative estimate of drug-likeness (QED) is 0.752. The summed E-state index contributed by atoms with van der Waals surface area (Å²) in [5, 5.41) is 2.26. The van der Waals surface area contributed by atoms with Crippen LogP contribution in [0, 0.1) is 5.82 Å². The van der Waals surface area contributed by atoms with E-state index >= 15 is 0 Å². The minimum atomic E-state index is -4.58. The van der Waals surface area contributed by atoms with E-state index in [0.717, 1.165) is 6.20 Å². The number of nitrogens with zero attached hydrogens (tertiary/aromatic N) is 1. The van der Waals surface area contributed by atoms with Gasteiger partial charge in [0.1, 0.15) is 0 Å². The predicted molar refractivity (Wildman–Crippen MR) is 43.0 cm³/mol. The lowest BCUT2D eigenvalue weighted by molar-refractivity contribution is -0.138. The Labute approximate surface area is 77.3 Å². The van der Waals surface area contributed by atoms with E-state index < -0.39 is 17.6 Å². The molecule has 76 valence electrons. The zero-order valence-electron chi connectivity index (χ0n) is 6.90. The van der Waals surface area contributed by atoms with E-state index in [9.17, 15) is 17.6 Å². The van der Waals surface area contributed by atoms with Crippen molar-refractivity contribution in [2.24, 2.45) is 0 Å². The highest BCUT2D eigenvalue weighted by Gasteiger charge is 2.31. The first-order chi connectivity index (χ1) is 6.45. The fourth-order valence-electron chi connectivity index (χ4n) is 0.796. The molecular formula is C8H6F4N2. The summed E-state index contributed by atoms with van der Waals surface area (Å²) in [4.78, 5) is 3.26. The maximum absolute atomic E-state index is 12.9. The van der Waals surface area contributed by atoms with Gasteiger partial charge in [-0.3, -0.25) is 0 Å². The van der Waals surface area contributed by atoms with Crippen LogP contribution in [0.3, 0.4) is 0 Å². The van der Waals surface area contributed by atoms with Crippen LogP contribution in [0.2, 0.25) is 0 Å². The van der Waals surface area contributed by atoms with Gasteiger partial charge in [-0.05, 0) is 12.3 Å². The van der Waals surface area contributed by atoms with E-state index in [0.29, 0.717) is 12.3 Å². The zero-order chi connectivity index (χ0) is 10.8. The highest BCUT2D eigenvalue weighted by Crippen LogP contribution is 2.29. The van der Waals surface area contributed by atoms with Crippen molar-refractivity contribution in [2.45, 2.75) is 6.18 Å². The molecule has 0 fully saturated rings. The first-order valence-electron chi connectivity index (χ1n) is 3.55. The molecule has 2 nitrogen and oxygen atoms in total. The summed E-state index contributed by atoms with van der Waals surface area (Å²) in [6.07, 6.45) is -2.91. The Bertz CT molecular complexity index is 346. The fraction of sp³-hybridized carbons (Fsp3) is 0.125. The number of nitrogens with one attached hydrogen (secondary N) is 1. The Morgan fingerprint density at radius 3 is 2.50 bits per heavy atom. The summed E-state index contributed by atoms with van der Waals surface area (Å²) in [6, 6.07) is 0.374. The van der Waals surface area contributed by atoms with Crippen molar-refractivity contribution in [3.63, 3.8) is 0 Å². The second-order valence-electron chi connectivity index (χ2n) is 2.40. The number of anilines is 1. The standard InChI is InChI=1S/C8H6F4N2/c1-2-13-7-6(9)3-5(4-14-7)8(10,11)12/h2-4H,1H2,(H,13,14). The lowest BCUT2D eigenvalue weighted by Gasteiger charge is -2.07. The molecule has 0 radical (unpaired) electrons. The lowest BCUT2D eigenvalue weighted by atomic mass is 10.2. The summed E-state index contributed by atoms with van der Waals surface area (Å²) in [6.45, 7) is 3.23. The number of rotatable bonds is 2. The molecule has 0 aliphatic heterocycles. The van der Waals surface area contributed by atoms with Gasteiger partial charge in [0.15, 0.2) is 11.6 Å². The molecule has 14 heavy (non-hydrogen) atoms. The number of aromatic nitrogens is 1. The molecule has 0 aliphatic carbocycles. The van der Waals surface area contributed by atoms with Gasteiger partial charge in [-0.1, -0.05) is 6.58 Å². The Morgan fingerprint density at radius 2 is 2.07 bits per heavy atom. The third-order valence-electron chi connectivity index (χ3n) is 1.41. The van der Waals surface area contributed by atoms with Crippen molar-refractivity contribution in [1.29, 1.82) is 0 Å². The number of halogens is 4. The molecule has 0 aliphatic rings.